The number of hydrogen-bond donors (Lipinski definition) is 1. The minimum atomic E-state index is -4.47. The summed E-state index contributed by atoms with van der Waals surface area (Å²) in [6, 6.07) is 23.8. The van der Waals surface area contributed by atoms with Crippen LogP contribution < -0.4 is 14.8 Å². The zero-order chi connectivity index (χ0) is 28.3. The number of methoxy groups -OCH3 is 1. The van der Waals surface area contributed by atoms with Gasteiger partial charge in [0.2, 0.25) is 0 Å². The highest BCUT2D eigenvalue weighted by Gasteiger charge is 2.30. The van der Waals surface area contributed by atoms with Crippen molar-refractivity contribution in [3.8, 4) is 22.6 Å². The van der Waals surface area contributed by atoms with Gasteiger partial charge in [-0.2, -0.15) is 13.2 Å². The number of ether oxygens (including phenoxy) is 2. The standard InChI is InChI=1S/C31H25F3N2O4/c1-39-27-9-5-8-26(28(27)20-10-13-23(14-11-20)31(32,33)34)29(37)35-24-15-12-22-19-36(17-16-21(22)18-24)30(38)40-25-6-3-2-4-7-25/h2-15,18H,16-17,19H2,1H3,(H,35,37). The Balaban J connectivity index is 1.33. The number of nitrogens with zero attached hydrogens (tertiary/aromatic N) is 1. The van der Waals surface area contributed by atoms with Crippen molar-refractivity contribution >= 4 is 17.7 Å². The van der Waals surface area contributed by atoms with E-state index in [0.29, 0.717) is 47.8 Å². The fourth-order valence-electron chi connectivity index (χ4n) is 4.65. The number of anilines is 1. The summed E-state index contributed by atoms with van der Waals surface area (Å²) in [6.45, 7) is 0.840. The summed E-state index contributed by atoms with van der Waals surface area (Å²) in [5.41, 5.74) is 2.79. The molecule has 1 aliphatic heterocycles. The maximum atomic E-state index is 13.4. The van der Waals surface area contributed by atoms with Crippen molar-refractivity contribution in [3.63, 3.8) is 0 Å². The molecule has 0 atom stereocenters. The van der Waals surface area contributed by atoms with Crippen molar-refractivity contribution in [1.29, 1.82) is 0 Å². The Kier molecular flexibility index (Phi) is 7.46. The Morgan fingerprint density at radius 1 is 0.875 bits per heavy atom. The van der Waals surface area contributed by atoms with Gasteiger partial charge in [-0.15, -0.1) is 0 Å². The fraction of sp³-hybridized carbons (Fsp3) is 0.161. The smallest absolute Gasteiger partial charge is 0.416 e. The van der Waals surface area contributed by atoms with E-state index in [2.05, 4.69) is 5.32 Å². The molecule has 0 saturated carbocycles. The zero-order valence-electron chi connectivity index (χ0n) is 21.5. The first-order valence-corrected chi connectivity index (χ1v) is 12.5. The summed E-state index contributed by atoms with van der Waals surface area (Å²) in [4.78, 5) is 27.6. The molecule has 1 heterocycles. The van der Waals surface area contributed by atoms with Gasteiger partial charge >= 0.3 is 12.3 Å². The van der Waals surface area contributed by atoms with Crippen molar-refractivity contribution in [2.75, 3.05) is 19.0 Å². The first kappa shape index (κ1) is 26.8. The van der Waals surface area contributed by atoms with E-state index in [0.717, 1.165) is 23.3 Å². The molecule has 4 aromatic rings. The second-order valence-corrected chi connectivity index (χ2v) is 9.25. The van der Waals surface area contributed by atoms with Gasteiger partial charge in [0.05, 0.1) is 18.2 Å². The first-order chi connectivity index (χ1) is 19.2. The molecule has 0 bridgehead atoms. The topological polar surface area (TPSA) is 67.9 Å². The number of alkyl halides is 3. The van der Waals surface area contributed by atoms with Crippen LogP contribution in [0.15, 0.2) is 91.0 Å². The van der Waals surface area contributed by atoms with Crippen LogP contribution in [-0.2, 0) is 19.1 Å². The molecule has 0 aliphatic carbocycles. The molecule has 0 saturated heterocycles. The maximum Gasteiger partial charge on any atom is 0.416 e. The van der Waals surface area contributed by atoms with Gasteiger partial charge in [-0.05, 0) is 71.6 Å². The number of halogens is 3. The van der Waals surface area contributed by atoms with E-state index in [1.165, 1.54) is 19.2 Å². The van der Waals surface area contributed by atoms with Gasteiger partial charge in [0.15, 0.2) is 0 Å². The fourth-order valence-corrected chi connectivity index (χ4v) is 4.65. The molecule has 1 aliphatic rings. The Labute approximate surface area is 229 Å². The third-order valence-electron chi connectivity index (χ3n) is 6.67. The summed E-state index contributed by atoms with van der Waals surface area (Å²) in [5, 5.41) is 2.89. The number of hydrogen-bond acceptors (Lipinski definition) is 4. The maximum absolute atomic E-state index is 13.4. The Bertz CT molecular complexity index is 1540. The monoisotopic (exact) mass is 546 g/mol. The Hall–Kier alpha value is -4.79. The highest BCUT2D eigenvalue weighted by Crippen LogP contribution is 2.36. The number of para-hydroxylation sites is 1. The Morgan fingerprint density at radius 3 is 2.33 bits per heavy atom. The van der Waals surface area contributed by atoms with E-state index in [9.17, 15) is 22.8 Å². The predicted molar refractivity (Wildman–Crippen MR) is 144 cm³/mol. The van der Waals surface area contributed by atoms with E-state index in [1.807, 2.05) is 18.2 Å². The summed E-state index contributed by atoms with van der Waals surface area (Å²) < 4.78 is 50.1. The number of nitrogens with one attached hydrogen (secondary N) is 1. The van der Waals surface area contributed by atoms with Gasteiger partial charge in [0, 0.05) is 24.3 Å². The van der Waals surface area contributed by atoms with E-state index >= 15 is 0 Å². The summed E-state index contributed by atoms with van der Waals surface area (Å²) in [7, 11) is 1.44. The second-order valence-electron chi connectivity index (χ2n) is 9.25. The van der Waals surface area contributed by atoms with Crippen LogP contribution in [0.2, 0.25) is 0 Å². The number of rotatable bonds is 5. The number of amides is 2. The number of benzene rings is 4. The van der Waals surface area contributed by atoms with Crippen LogP contribution >= 0.6 is 0 Å². The number of fused-ring (bicyclic) bond motifs is 1. The van der Waals surface area contributed by atoms with Crippen LogP contribution in [0.5, 0.6) is 11.5 Å². The van der Waals surface area contributed by atoms with Gasteiger partial charge in [0.25, 0.3) is 5.91 Å². The first-order valence-electron chi connectivity index (χ1n) is 12.5. The molecule has 0 aromatic heterocycles. The van der Waals surface area contributed by atoms with Crippen molar-refractivity contribution in [1.82, 2.24) is 4.90 Å². The van der Waals surface area contributed by atoms with Crippen LogP contribution in [0.3, 0.4) is 0 Å². The van der Waals surface area contributed by atoms with Gasteiger partial charge in [-0.25, -0.2) is 4.79 Å². The van der Waals surface area contributed by atoms with Crippen molar-refractivity contribution < 1.29 is 32.2 Å². The van der Waals surface area contributed by atoms with E-state index in [1.54, 1.807) is 53.4 Å². The second kappa shape index (κ2) is 11.1. The average molecular weight is 547 g/mol. The Morgan fingerprint density at radius 2 is 1.62 bits per heavy atom. The van der Waals surface area contributed by atoms with Gasteiger partial charge in [-0.1, -0.05) is 42.5 Å². The third-order valence-corrected chi connectivity index (χ3v) is 6.67. The molecule has 0 unspecified atom stereocenters. The van der Waals surface area contributed by atoms with Crippen LogP contribution in [0.1, 0.15) is 27.0 Å². The molecule has 2 amide bonds. The van der Waals surface area contributed by atoms with Gasteiger partial charge in [-0.3, -0.25) is 4.79 Å². The molecule has 5 rings (SSSR count). The summed E-state index contributed by atoms with van der Waals surface area (Å²) in [5.74, 6) is 0.405. The van der Waals surface area contributed by atoms with Crippen LogP contribution in [0.25, 0.3) is 11.1 Å². The van der Waals surface area contributed by atoms with Crippen molar-refractivity contribution in [2.24, 2.45) is 0 Å². The van der Waals surface area contributed by atoms with Crippen LogP contribution in [-0.4, -0.2) is 30.6 Å². The molecule has 0 radical (unpaired) electrons. The minimum Gasteiger partial charge on any atom is -0.496 e. The summed E-state index contributed by atoms with van der Waals surface area (Å²) in [6.07, 6.45) is -4.31. The molecule has 4 aromatic carbocycles. The largest absolute Gasteiger partial charge is 0.496 e. The average Bonchev–Trinajstić information content (AvgIpc) is 2.96. The van der Waals surface area contributed by atoms with Crippen molar-refractivity contribution in [2.45, 2.75) is 19.1 Å². The lowest BCUT2D eigenvalue weighted by atomic mass is 9.96. The highest BCUT2D eigenvalue weighted by molar-refractivity contribution is 6.09. The molecule has 6 nitrogen and oxygen atoms in total. The van der Waals surface area contributed by atoms with E-state index in [-0.39, 0.29) is 5.56 Å². The molecule has 0 fully saturated rings. The highest BCUT2D eigenvalue weighted by atomic mass is 19.4. The lowest BCUT2D eigenvalue weighted by Gasteiger charge is -2.28. The minimum absolute atomic E-state index is 0.256. The third kappa shape index (κ3) is 5.78. The number of carbonyl (C=O) groups is 2. The van der Waals surface area contributed by atoms with Crippen LogP contribution in [0, 0.1) is 0 Å². The summed E-state index contributed by atoms with van der Waals surface area (Å²) >= 11 is 0. The zero-order valence-corrected chi connectivity index (χ0v) is 21.5. The lowest BCUT2D eigenvalue weighted by Crippen LogP contribution is -2.37. The van der Waals surface area contributed by atoms with Gasteiger partial charge < -0.3 is 19.7 Å². The lowest BCUT2D eigenvalue weighted by molar-refractivity contribution is -0.137. The molecular weight excluding hydrogens is 521 g/mol. The van der Waals surface area contributed by atoms with Crippen molar-refractivity contribution in [3.05, 3.63) is 113 Å². The molecule has 40 heavy (non-hydrogen) atoms. The van der Waals surface area contributed by atoms with Gasteiger partial charge in [0.1, 0.15) is 11.5 Å². The molecule has 204 valence electrons. The molecular formula is C31H25F3N2O4. The molecule has 0 spiro atoms. The van der Waals surface area contributed by atoms with E-state index < -0.39 is 23.7 Å². The molecule has 9 heteroatoms. The van der Waals surface area contributed by atoms with Crippen LogP contribution in [0.4, 0.5) is 23.7 Å². The normalized spacial score (nSPS) is 12.8. The molecule has 1 N–H and O–H groups in total. The van der Waals surface area contributed by atoms with E-state index in [4.69, 9.17) is 9.47 Å². The number of carbonyl (C=O) groups excluding carboxylic acids is 2. The quantitative estimate of drug-likeness (QED) is 0.288. The predicted octanol–water partition coefficient (Wildman–Crippen LogP) is 7.19. The SMILES string of the molecule is COc1cccc(C(=O)Nc2ccc3c(c2)CCN(C(=O)Oc2ccccc2)C3)c1-c1ccc(C(F)(F)F)cc1.